The van der Waals surface area contributed by atoms with Crippen molar-refractivity contribution in [1.29, 1.82) is 0 Å². The smallest absolute Gasteiger partial charge is 0.142 e. The van der Waals surface area contributed by atoms with Crippen LogP contribution in [0.1, 0.15) is 88.7 Å². The zero-order valence-electron chi connectivity index (χ0n) is 15.6. The third kappa shape index (κ3) is 6.05. The van der Waals surface area contributed by atoms with E-state index in [1.807, 2.05) is 0 Å². The van der Waals surface area contributed by atoms with Gasteiger partial charge in [0.2, 0.25) is 0 Å². The lowest BCUT2D eigenvalue weighted by Crippen LogP contribution is -2.25. The maximum absolute atomic E-state index is 12.7. The van der Waals surface area contributed by atoms with Crippen molar-refractivity contribution in [2.45, 2.75) is 90.1 Å². The molecule has 0 amide bonds. The Morgan fingerprint density at radius 2 is 1.92 bits per heavy atom. The Bertz CT molecular complexity index is 471. The van der Waals surface area contributed by atoms with Crippen molar-refractivity contribution in [2.75, 3.05) is 6.61 Å². The predicted octanol–water partition coefficient (Wildman–Crippen LogP) is 5.83. The van der Waals surface area contributed by atoms with Crippen molar-refractivity contribution in [3.63, 3.8) is 0 Å². The molecule has 2 rings (SSSR count). The molecule has 1 aliphatic heterocycles. The van der Waals surface area contributed by atoms with Crippen molar-refractivity contribution < 1.29 is 9.53 Å². The van der Waals surface area contributed by atoms with Crippen molar-refractivity contribution in [3.05, 3.63) is 35.4 Å². The number of benzene rings is 1. The summed E-state index contributed by atoms with van der Waals surface area (Å²) in [5.74, 6) is 0.379. The lowest BCUT2D eigenvalue weighted by Gasteiger charge is -2.24. The first-order valence-electron chi connectivity index (χ1n) is 9.97. The van der Waals surface area contributed by atoms with Crippen LogP contribution >= 0.6 is 0 Å². The van der Waals surface area contributed by atoms with Gasteiger partial charge in [-0.25, -0.2) is 0 Å². The number of aryl methyl sites for hydroxylation is 1. The van der Waals surface area contributed by atoms with Gasteiger partial charge in [0.05, 0.1) is 6.10 Å². The maximum Gasteiger partial charge on any atom is 0.142 e. The van der Waals surface area contributed by atoms with E-state index >= 15 is 0 Å². The van der Waals surface area contributed by atoms with Crippen LogP contribution in [-0.2, 0) is 16.0 Å². The van der Waals surface area contributed by atoms with E-state index in [1.165, 1.54) is 43.2 Å². The van der Waals surface area contributed by atoms with E-state index in [1.54, 1.807) is 0 Å². The molecule has 0 radical (unpaired) electrons. The molecule has 2 atom stereocenters. The number of ether oxygens (including phenoxy) is 1. The number of hydrogen-bond donors (Lipinski definition) is 0. The number of carbonyl (C=O) groups excluding carboxylic acids is 1. The van der Waals surface area contributed by atoms with Crippen molar-refractivity contribution >= 4 is 5.78 Å². The van der Waals surface area contributed by atoms with Crippen molar-refractivity contribution in [3.8, 4) is 0 Å². The summed E-state index contributed by atoms with van der Waals surface area (Å²) in [6.07, 6.45) is 11.3. The summed E-state index contributed by atoms with van der Waals surface area (Å²) in [5, 5.41) is 0. The lowest BCUT2D eigenvalue weighted by molar-refractivity contribution is -0.124. The molecule has 0 spiro atoms. The largest absolute Gasteiger partial charge is 0.378 e. The first-order chi connectivity index (χ1) is 11.7. The molecule has 1 saturated heterocycles. The fourth-order valence-electron chi connectivity index (χ4n) is 3.66. The van der Waals surface area contributed by atoms with Gasteiger partial charge in [-0.2, -0.15) is 0 Å². The highest BCUT2D eigenvalue weighted by Gasteiger charge is 2.24. The van der Waals surface area contributed by atoms with Crippen LogP contribution in [0.25, 0.3) is 0 Å². The first-order valence-corrected chi connectivity index (χ1v) is 9.97. The second-order valence-electron chi connectivity index (χ2n) is 7.17. The number of ketones is 1. The Morgan fingerprint density at radius 1 is 1.12 bits per heavy atom. The number of carbonyl (C=O) groups is 1. The first kappa shape index (κ1) is 19.2. The fraction of sp³-hybridized carbons (Fsp3) is 0.682. The Kier molecular flexibility index (Phi) is 8.52. The zero-order valence-corrected chi connectivity index (χ0v) is 15.6. The number of rotatable bonds is 10. The summed E-state index contributed by atoms with van der Waals surface area (Å²) < 4.78 is 5.74. The highest BCUT2D eigenvalue weighted by Crippen LogP contribution is 2.26. The topological polar surface area (TPSA) is 26.3 Å². The van der Waals surface area contributed by atoms with Crippen LogP contribution in [0.2, 0.25) is 0 Å². The molecule has 0 aromatic heterocycles. The van der Waals surface area contributed by atoms with Gasteiger partial charge < -0.3 is 4.74 Å². The summed E-state index contributed by atoms with van der Waals surface area (Å²) in [7, 11) is 0. The maximum atomic E-state index is 12.7. The molecule has 2 heteroatoms. The molecule has 2 unspecified atom stereocenters. The minimum absolute atomic E-state index is 0.0321. The monoisotopic (exact) mass is 330 g/mol. The molecule has 0 saturated carbocycles. The normalized spacial score (nSPS) is 19.2. The predicted molar refractivity (Wildman–Crippen MR) is 101 cm³/mol. The molecule has 1 aromatic rings. The molecule has 0 N–H and O–H groups in total. The third-order valence-corrected chi connectivity index (χ3v) is 5.20. The molecular weight excluding hydrogens is 296 g/mol. The van der Waals surface area contributed by atoms with Crippen LogP contribution < -0.4 is 0 Å². The van der Waals surface area contributed by atoms with E-state index in [0.717, 1.165) is 32.3 Å². The molecule has 1 heterocycles. The minimum atomic E-state index is 0.0321. The molecule has 0 aliphatic carbocycles. The number of hydrogen-bond acceptors (Lipinski definition) is 2. The molecule has 1 fully saturated rings. The second-order valence-corrected chi connectivity index (χ2v) is 7.17. The Labute approximate surface area is 148 Å². The molecule has 2 nitrogen and oxygen atoms in total. The van der Waals surface area contributed by atoms with Crippen LogP contribution in [0.5, 0.6) is 0 Å². The quantitative estimate of drug-likeness (QED) is 0.504. The van der Waals surface area contributed by atoms with Crippen LogP contribution in [0.15, 0.2) is 24.3 Å². The zero-order chi connectivity index (χ0) is 17.2. The van der Waals surface area contributed by atoms with E-state index in [-0.39, 0.29) is 12.0 Å². The Hall–Kier alpha value is -1.15. The highest BCUT2D eigenvalue weighted by atomic mass is 16.5. The van der Waals surface area contributed by atoms with E-state index in [4.69, 9.17) is 4.74 Å². The average molecular weight is 331 g/mol. The third-order valence-electron chi connectivity index (χ3n) is 5.20. The van der Waals surface area contributed by atoms with Gasteiger partial charge in [-0.3, -0.25) is 4.79 Å². The van der Waals surface area contributed by atoms with Crippen molar-refractivity contribution in [1.82, 2.24) is 0 Å². The SMILES string of the molecule is CCCCCCc1ccc(C(CC)C(=O)CC2CCCCO2)cc1. The molecule has 134 valence electrons. The lowest BCUT2D eigenvalue weighted by atomic mass is 9.88. The number of Topliss-reactive ketones (excluding diaryl/α,β-unsaturated/α-hetero) is 1. The van der Waals surface area contributed by atoms with E-state index in [9.17, 15) is 4.79 Å². The second kappa shape index (κ2) is 10.7. The molecule has 1 aromatic carbocycles. The summed E-state index contributed by atoms with van der Waals surface area (Å²) in [6, 6.07) is 8.77. The van der Waals surface area contributed by atoms with Crippen LogP contribution in [0.3, 0.4) is 0 Å². The van der Waals surface area contributed by atoms with Gasteiger partial charge in [-0.15, -0.1) is 0 Å². The standard InChI is InChI=1S/C22H34O2/c1-3-5-6-7-10-18-12-14-19(15-13-18)21(4-2)22(23)17-20-11-8-9-16-24-20/h12-15,20-21H,3-11,16-17H2,1-2H3. The highest BCUT2D eigenvalue weighted by molar-refractivity contribution is 5.86. The van der Waals surface area contributed by atoms with E-state index < -0.39 is 0 Å². The van der Waals surface area contributed by atoms with E-state index in [2.05, 4.69) is 38.1 Å². The minimum Gasteiger partial charge on any atom is -0.378 e. The van der Waals surface area contributed by atoms with Gasteiger partial charge in [0.1, 0.15) is 5.78 Å². The average Bonchev–Trinajstić information content (AvgIpc) is 2.61. The van der Waals surface area contributed by atoms with Gasteiger partial charge in [0.15, 0.2) is 0 Å². The summed E-state index contributed by atoms with van der Waals surface area (Å²) in [4.78, 5) is 12.7. The number of unbranched alkanes of at least 4 members (excludes halogenated alkanes) is 3. The van der Waals surface area contributed by atoms with Gasteiger partial charge in [0, 0.05) is 18.9 Å². The summed E-state index contributed by atoms with van der Waals surface area (Å²) in [6.45, 7) is 5.18. The fourth-order valence-corrected chi connectivity index (χ4v) is 3.66. The molecule has 0 bridgehead atoms. The van der Waals surface area contributed by atoms with Gasteiger partial charge in [0.25, 0.3) is 0 Å². The van der Waals surface area contributed by atoms with Gasteiger partial charge >= 0.3 is 0 Å². The van der Waals surface area contributed by atoms with Crippen molar-refractivity contribution in [2.24, 2.45) is 0 Å². The Morgan fingerprint density at radius 3 is 2.54 bits per heavy atom. The summed E-state index contributed by atoms with van der Waals surface area (Å²) >= 11 is 0. The van der Waals surface area contributed by atoms with Crippen LogP contribution in [0, 0.1) is 0 Å². The van der Waals surface area contributed by atoms with Gasteiger partial charge in [-0.05, 0) is 49.7 Å². The molecular formula is C22H34O2. The van der Waals surface area contributed by atoms with E-state index in [0.29, 0.717) is 12.2 Å². The van der Waals surface area contributed by atoms with Gasteiger partial charge in [-0.1, -0.05) is 57.4 Å². The molecule has 24 heavy (non-hydrogen) atoms. The molecule has 1 aliphatic rings. The van der Waals surface area contributed by atoms with Crippen LogP contribution in [-0.4, -0.2) is 18.5 Å². The Balaban J connectivity index is 1.88. The van der Waals surface area contributed by atoms with Crippen LogP contribution in [0.4, 0.5) is 0 Å². The summed E-state index contributed by atoms with van der Waals surface area (Å²) in [5.41, 5.74) is 2.57.